The highest BCUT2D eigenvalue weighted by Crippen LogP contribution is 2.53. The van der Waals surface area contributed by atoms with E-state index in [1.165, 1.54) is 18.2 Å². The molecule has 1 aromatic carbocycles. The second-order valence-corrected chi connectivity index (χ2v) is 7.95. The summed E-state index contributed by atoms with van der Waals surface area (Å²) in [5.74, 6) is 0.287. The SMILES string of the molecule is CCC1=CC2CN3CCc4c([nH]c5ccc(N)cc45)C(C(=O)OC)(C2)C13. The Hall–Kier alpha value is -2.27. The number of esters is 1. The van der Waals surface area contributed by atoms with Crippen molar-refractivity contribution < 1.29 is 9.53 Å². The van der Waals surface area contributed by atoms with Gasteiger partial charge in [-0.25, -0.2) is 0 Å². The van der Waals surface area contributed by atoms with E-state index in [0.29, 0.717) is 5.92 Å². The first-order valence-corrected chi connectivity index (χ1v) is 9.52. The normalized spacial score (nSPS) is 32.1. The van der Waals surface area contributed by atoms with Crippen LogP contribution >= 0.6 is 0 Å². The third-order valence-electron chi connectivity index (χ3n) is 6.67. The van der Waals surface area contributed by atoms with Crippen LogP contribution in [0.4, 0.5) is 5.69 Å². The van der Waals surface area contributed by atoms with Crippen molar-refractivity contribution in [3.8, 4) is 0 Å². The third-order valence-corrected chi connectivity index (χ3v) is 6.67. The van der Waals surface area contributed by atoms with Crippen molar-refractivity contribution in [1.29, 1.82) is 0 Å². The Morgan fingerprint density at radius 3 is 3.08 bits per heavy atom. The largest absolute Gasteiger partial charge is 0.468 e. The molecule has 4 atom stereocenters. The number of nitrogens with zero attached hydrogens (tertiary/aromatic N) is 1. The lowest BCUT2D eigenvalue weighted by molar-refractivity contribution is -0.153. The molecule has 0 radical (unpaired) electrons. The van der Waals surface area contributed by atoms with Crippen molar-refractivity contribution in [2.24, 2.45) is 5.92 Å². The number of carbonyl (C=O) groups is 1. The van der Waals surface area contributed by atoms with Crippen LogP contribution in [0.3, 0.4) is 0 Å². The molecule has 1 saturated heterocycles. The van der Waals surface area contributed by atoms with Gasteiger partial charge in [-0.2, -0.15) is 0 Å². The standard InChI is InChI=1S/C21H25N3O2/c1-3-13-8-12-10-21(20(25)26-2)18-15(6-7-24(11-12)19(13)21)16-9-14(22)4-5-17(16)23-18/h4-5,8-9,12,19,23H,3,6-7,10-11,22H2,1-2H3. The lowest BCUT2D eigenvalue weighted by Crippen LogP contribution is -2.63. The lowest BCUT2D eigenvalue weighted by atomic mass is 9.60. The molecule has 1 fully saturated rings. The third kappa shape index (κ3) is 1.87. The average molecular weight is 351 g/mol. The summed E-state index contributed by atoms with van der Waals surface area (Å²) in [6.45, 7) is 4.20. The molecule has 2 aromatic rings. The number of rotatable bonds is 2. The van der Waals surface area contributed by atoms with Crippen LogP contribution in [0, 0.1) is 5.92 Å². The van der Waals surface area contributed by atoms with Gasteiger partial charge in [0, 0.05) is 35.4 Å². The molecule has 4 heterocycles. The molecule has 1 aromatic heterocycles. The summed E-state index contributed by atoms with van der Waals surface area (Å²) in [6.07, 6.45) is 5.13. The number of ether oxygens (including phenoxy) is 1. The molecule has 0 spiro atoms. The molecule has 6 rings (SSSR count). The fourth-order valence-corrected chi connectivity index (χ4v) is 5.78. The Bertz CT molecular complexity index is 944. The predicted molar refractivity (Wildman–Crippen MR) is 102 cm³/mol. The monoisotopic (exact) mass is 351 g/mol. The van der Waals surface area contributed by atoms with Crippen molar-refractivity contribution in [2.45, 2.75) is 37.6 Å². The summed E-state index contributed by atoms with van der Waals surface area (Å²) in [4.78, 5) is 19.4. The number of benzene rings is 1. The summed E-state index contributed by atoms with van der Waals surface area (Å²) in [5.41, 5.74) is 10.9. The van der Waals surface area contributed by atoms with Crippen molar-refractivity contribution in [2.75, 3.05) is 25.9 Å². The van der Waals surface area contributed by atoms with Gasteiger partial charge in [0.25, 0.3) is 0 Å². The first-order valence-electron chi connectivity index (χ1n) is 9.52. The van der Waals surface area contributed by atoms with Gasteiger partial charge in [-0.15, -0.1) is 0 Å². The van der Waals surface area contributed by atoms with Gasteiger partial charge in [-0.1, -0.05) is 18.6 Å². The smallest absolute Gasteiger partial charge is 0.319 e. The lowest BCUT2D eigenvalue weighted by Gasteiger charge is -2.53. The van der Waals surface area contributed by atoms with Gasteiger partial charge in [0.05, 0.1) is 13.2 Å². The number of hydrogen-bond acceptors (Lipinski definition) is 4. The zero-order chi connectivity index (χ0) is 18.1. The topological polar surface area (TPSA) is 71.3 Å². The van der Waals surface area contributed by atoms with E-state index in [1.807, 2.05) is 18.2 Å². The van der Waals surface area contributed by atoms with Crippen LogP contribution in [0.5, 0.6) is 0 Å². The van der Waals surface area contributed by atoms with Crippen LogP contribution in [0.2, 0.25) is 0 Å². The van der Waals surface area contributed by atoms with E-state index in [0.717, 1.165) is 54.6 Å². The van der Waals surface area contributed by atoms with E-state index in [4.69, 9.17) is 10.5 Å². The molecule has 3 N–H and O–H groups in total. The molecular weight excluding hydrogens is 326 g/mol. The van der Waals surface area contributed by atoms with Crippen molar-refractivity contribution in [3.63, 3.8) is 0 Å². The minimum absolute atomic E-state index is 0.0941. The molecule has 5 heteroatoms. The number of nitrogen functional groups attached to an aromatic ring is 1. The Balaban J connectivity index is 1.83. The number of aromatic nitrogens is 1. The fourth-order valence-electron chi connectivity index (χ4n) is 5.78. The van der Waals surface area contributed by atoms with Crippen LogP contribution in [0.1, 0.15) is 31.0 Å². The van der Waals surface area contributed by atoms with Crippen molar-refractivity contribution in [1.82, 2.24) is 9.88 Å². The van der Waals surface area contributed by atoms with Gasteiger partial charge in [-0.3, -0.25) is 9.69 Å². The zero-order valence-electron chi connectivity index (χ0n) is 15.3. The number of nitrogens with two attached hydrogens (primary N) is 1. The number of anilines is 1. The quantitative estimate of drug-likeness (QED) is 0.496. The van der Waals surface area contributed by atoms with E-state index < -0.39 is 5.41 Å². The molecule has 136 valence electrons. The molecule has 4 bridgehead atoms. The fraction of sp³-hybridized carbons (Fsp3) is 0.476. The van der Waals surface area contributed by atoms with Crippen LogP contribution in [-0.2, 0) is 21.4 Å². The Morgan fingerprint density at radius 1 is 1.46 bits per heavy atom. The average Bonchev–Trinajstić information content (AvgIpc) is 2.98. The highest BCUT2D eigenvalue weighted by Gasteiger charge is 2.60. The van der Waals surface area contributed by atoms with E-state index in [-0.39, 0.29) is 12.0 Å². The summed E-state index contributed by atoms with van der Waals surface area (Å²) in [5, 5.41) is 1.15. The number of carbonyl (C=O) groups excluding carboxylic acids is 1. The van der Waals surface area contributed by atoms with Crippen LogP contribution < -0.4 is 5.73 Å². The second kappa shape index (κ2) is 5.36. The van der Waals surface area contributed by atoms with Crippen LogP contribution in [-0.4, -0.2) is 42.1 Å². The molecule has 0 amide bonds. The number of H-pyrrole nitrogens is 1. The first kappa shape index (κ1) is 15.9. The molecule has 4 aliphatic rings. The zero-order valence-corrected chi connectivity index (χ0v) is 15.3. The molecule has 3 aliphatic heterocycles. The second-order valence-electron chi connectivity index (χ2n) is 7.95. The summed E-state index contributed by atoms with van der Waals surface area (Å²) in [6, 6.07) is 6.07. The number of methoxy groups -OCH3 is 1. The van der Waals surface area contributed by atoms with E-state index >= 15 is 0 Å². The van der Waals surface area contributed by atoms with E-state index in [9.17, 15) is 4.79 Å². The maximum atomic E-state index is 13.3. The maximum Gasteiger partial charge on any atom is 0.319 e. The Morgan fingerprint density at radius 2 is 2.31 bits per heavy atom. The van der Waals surface area contributed by atoms with Crippen LogP contribution in [0.15, 0.2) is 29.8 Å². The molecule has 4 unspecified atom stereocenters. The molecule has 26 heavy (non-hydrogen) atoms. The maximum absolute atomic E-state index is 13.3. The number of piperidine rings is 1. The minimum Gasteiger partial charge on any atom is -0.468 e. The highest BCUT2D eigenvalue weighted by atomic mass is 16.5. The van der Waals surface area contributed by atoms with Gasteiger partial charge in [-0.05, 0) is 48.9 Å². The summed E-state index contributed by atoms with van der Waals surface area (Å²) >= 11 is 0. The van der Waals surface area contributed by atoms with E-state index in [2.05, 4.69) is 22.9 Å². The van der Waals surface area contributed by atoms with Gasteiger partial charge >= 0.3 is 5.97 Å². The molecule has 5 nitrogen and oxygen atoms in total. The highest BCUT2D eigenvalue weighted by molar-refractivity contribution is 5.93. The summed E-state index contributed by atoms with van der Waals surface area (Å²) < 4.78 is 5.41. The van der Waals surface area contributed by atoms with Crippen molar-refractivity contribution >= 4 is 22.6 Å². The predicted octanol–water partition coefficient (Wildman–Crippen LogP) is 2.76. The number of fused-ring (bicyclic) bond motifs is 3. The number of aromatic amines is 1. The molecule has 0 saturated carbocycles. The molecular formula is C21H25N3O2. The number of hydrogen-bond donors (Lipinski definition) is 2. The van der Waals surface area contributed by atoms with Crippen molar-refractivity contribution in [3.05, 3.63) is 41.1 Å². The summed E-state index contributed by atoms with van der Waals surface area (Å²) in [7, 11) is 1.52. The van der Waals surface area contributed by atoms with E-state index in [1.54, 1.807) is 0 Å². The Kier molecular flexibility index (Phi) is 3.29. The minimum atomic E-state index is -0.641. The Labute approximate surface area is 153 Å². The number of nitrogens with one attached hydrogen (secondary N) is 1. The first-order chi connectivity index (χ1) is 12.6. The van der Waals surface area contributed by atoms with Gasteiger partial charge in [0.2, 0.25) is 0 Å². The van der Waals surface area contributed by atoms with Gasteiger partial charge < -0.3 is 15.5 Å². The van der Waals surface area contributed by atoms with Crippen LogP contribution in [0.25, 0.3) is 10.9 Å². The molecule has 1 aliphatic carbocycles. The van der Waals surface area contributed by atoms with Gasteiger partial charge in [0.1, 0.15) is 5.41 Å². The van der Waals surface area contributed by atoms with Gasteiger partial charge in [0.15, 0.2) is 0 Å².